The number of nitrogens with one attached hydrogen (secondary N) is 1. The molecular weight excluding hydrogens is 330 g/mol. The number of aromatic nitrogens is 2. The van der Waals surface area contributed by atoms with Crippen molar-refractivity contribution in [2.24, 2.45) is 5.92 Å². The Hall–Kier alpha value is -0.390. The van der Waals surface area contributed by atoms with Gasteiger partial charge in [0.25, 0.3) is 0 Å². The van der Waals surface area contributed by atoms with E-state index in [1.54, 1.807) is 0 Å². The molecule has 1 fully saturated rings. The third-order valence-corrected chi connectivity index (χ3v) is 5.51. The summed E-state index contributed by atoms with van der Waals surface area (Å²) in [6, 6.07) is 0.458. The van der Waals surface area contributed by atoms with E-state index in [1.807, 2.05) is 0 Å². The van der Waals surface area contributed by atoms with Gasteiger partial charge in [0.2, 0.25) is 0 Å². The molecule has 1 aromatic heterocycles. The van der Waals surface area contributed by atoms with Gasteiger partial charge in [0, 0.05) is 31.5 Å². The standard InChI is InChI=1S/C16H28BrN3O/c1-5-8-18-14(13-7-9-21-12(13)4)10-15-16(17)11(3)19-20(15)6-2/h12-14,18H,5-10H2,1-4H3. The fourth-order valence-corrected chi connectivity index (χ4v) is 3.70. The van der Waals surface area contributed by atoms with Gasteiger partial charge in [-0.1, -0.05) is 6.92 Å². The molecule has 1 aliphatic rings. The van der Waals surface area contributed by atoms with E-state index < -0.39 is 0 Å². The molecule has 4 nitrogen and oxygen atoms in total. The van der Waals surface area contributed by atoms with Gasteiger partial charge in [0.05, 0.1) is 22.0 Å². The van der Waals surface area contributed by atoms with E-state index in [0.717, 1.165) is 44.7 Å². The first-order chi connectivity index (χ1) is 10.1. The maximum Gasteiger partial charge on any atom is 0.0738 e. The Kier molecular flexibility index (Phi) is 6.26. The summed E-state index contributed by atoms with van der Waals surface area (Å²) < 4.78 is 9.07. The van der Waals surface area contributed by atoms with Crippen molar-refractivity contribution in [3.63, 3.8) is 0 Å². The van der Waals surface area contributed by atoms with E-state index >= 15 is 0 Å². The molecule has 21 heavy (non-hydrogen) atoms. The first-order valence-electron chi connectivity index (χ1n) is 8.15. The van der Waals surface area contributed by atoms with Crippen LogP contribution < -0.4 is 5.32 Å². The summed E-state index contributed by atoms with van der Waals surface area (Å²) in [6.07, 6.45) is 3.66. The molecule has 0 spiro atoms. The fraction of sp³-hybridized carbons (Fsp3) is 0.812. The molecule has 1 N–H and O–H groups in total. The number of halogens is 1. The van der Waals surface area contributed by atoms with Crippen LogP contribution in [0, 0.1) is 12.8 Å². The van der Waals surface area contributed by atoms with Crippen molar-refractivity contribution in [2.45, 2.75) is 65.6 Å². The molecule has 2 heterocycles. The van der Waals surface area contributed by atoms with Crippen molar-refractivity contribution in [3.05, 3.63) is 15.9 Å². The lowest BCUT2D eigenvalue weighted by Crippen LogP contribution is -2.41. The van der Waals surface area contributed by atoms with Crippen molar-refractivity contribution >= 4 is 15.9 Å². The Balaban J connectivity index is 2.18. The minimum absolute atomic E-state index is 0.345. The molecule has 0 bridgehead atoms. The number of hydrogen-bond donors (Lipinski definition) is 1. The van der Waals surface area contributed by atoms with Crippen LogP contribution in [-0.2, 0) is 17.7 Å². The topological polar surface area (TPSA) is 39.1 Å². The van der Waals surface area contributed by atoms with Gasteiger partial charge in [0.15, 0.2) is 0 Å². The van der Waals surface area contributed by atoms with Crippen molar-refractivity contribution in [1.82, 2.24) is 15.1 Å². The Morgan fingerprint density at radius 1 is 1.48 bits per heavy atom. The lowest BCUT2D eigenvalue weighted by molar-refractivity contribution is 0.0951. The summed E-state index contributed by atoms with van der Waals surface area (Å²) in [5, 5.41) is 8.35. The highest BCUT2D eigenvalue weighted by Crippen LogP contribution is 2.29. The molecule has 0 saturated carbocycles. The first-order valence-corrected chi connectivity index (χ1v) is 8.94. The van der Waals surface area contributed by atoms with Gasteiger partial charge in [-0.3, -0.25) is 4.68 Å². The molecule has 3 atom stereocenters. The highest BCUT2D eigenvalue weighted by atomic mass is 79.9. The second-order valence-corrected chi connectivity index (χ2v) is 6.75. The predicted octanol–water partition coefficient (Wildman–Crippen LogP) is 3.31. The molecule has 5 heteroatoms. The number of nitrogens with zero attached hydrogens (tertiary/aromatic N) is 2. The number of hydrogen-bond acceptors (Lipinski definition) is 3. The van der Waals surface area contributed by atoms with Crippen molar-refractivity contribution < 1.29 is 4.74 Å². The molecule has 0 amide bonds. The summed E-state index contributed by atoms with van der Waals surface area (Å²) in [7, 11) is 0. The zero-order valence-electron chi connectivity index (χ0n) is 13.7. The fourth-order valence-electron chi connectivity index (χ4n) is 3.25. The molecule has 2 rings (SSSR count). The highest BCUT2D eigenvalue weighted by molar-refractivity contribution is 9.10. The van der Waals surface area contributed by atoms with Crippen LogP contribution in [0.2, 0.25) is 0 Å². The molecule has 0 aromatic carbocycles. The average molecular weight is 358 g/mol. The minimum Gasteiger partial charge on any atom is -0.378 e. The average Bonchev–Trinajstić information content (AvgIpc) is 3.01. The summed E-state index contributed by atoms with van der Waals surface area (Å²) in [5.41, 5.74) is 2.39. The Morgan fingerprint density at radius 2 is 2.24 bits per heavy atom. The van der Waals surface area contributed by atoms with Crippen LogP contribution in [-0.4, -0.2) is 35.1 Å². The zero-order chi connectivity index (χ0) is 15.4. The van der Waals surface area contributed by atoms with E-state index in [0.29, 0.717) is 18.1 Å². The maximum absolute atomic E-state index is 5.78. The molecule has 0 radical (unpaired) electrons. The van der Waals surface area contributed by atoms with E-state index in [-0.39, 0.29) is 0 Å². The number of rotatable bonds is 7. The predicted molar refractivity (Wildman–Crippen MR) is 89.6 cm³/mol. The maximum atomic E-state index is 5.78. The van der Waals surface area contributed by atoms with Crippen LogP contribution in [0.15, 0.2) is 4.47 Å². The van der Waals surface area contributed by atoms with Crippen LogP contribution >= 0.6 is 15.9 Å². The third-order valence-electron chi connectivity index (χ3n) is 4.47. The molecule has 3 unspecified atom stereocenters. The van der Waals surface area contributed by atoms with E-state index in [4.69, 9.17) is 4.74 Å². The van der Waals surface area contributed by atoms with Crippen molar-refractivity contribution in [3.8, 4) is 0 Å². The lowest BCUT2D eigenvalue weighted by atomic mass is 9.90. The molecule has 0 aliphatic carbocycles. The van der Waals surface area contributed by atoms with E-state index in [9.17, 15) is 0 Å². The molecule has 1 aliphatic heterocycles. The Bertz CT molecular complexity index is 461. The first kappa shape index (κ1) is 17.0. The Morgan fingerprint density at radius 3 is 2.81 bits per heavy atom. The normalized spacial score (nSPS) is 23.7. The van der Waals surface area contributed by atoms with Gasteiger partial charge in [-0.25, -0.2) is 0 Å². The number of ether oxygens (including phenoxy) is 1. The van der Waals surface area contributed by atoms with Gasteiger partial charge in [-0.05, 0) is 56.1 Å². The van der Waals surface area contributed by atoms with Crippen molar-refractivity contribution in [1.29, 1.82) is 0 Å². The number of aryl methyl sites for hydroxylation is 2. The molecular formula is C16H28BrN3O. The van der Waals surface area contributed by atoms with E-state index in [1.165, 1.54) is 10.2 Å². The summed E-state index contributed by atoms with van der Waals surface area (Å²) in [6.45, 7) is 11.5. The monoisotopic (exact) mass is 357 g/mol. The summed E-state index contributed by atoms with van der Waals surface area (Å²) >= 11 is 3.72. The summed E-state index contributed by atoms with van der Waals surface area (Å²) in [4.78, 5) is 0. The smallest absolute Gasteiger partial charge is 0.0738 e. The van der Waals surface area contributed by atoms with E-state index in [2.05, 4.69) is 58.7 Å². The molecule has 120 valence electrons. The highest BCUT2D eigenvalue weighted by Gasteiger charge is 2.32. The van der Waals surface area contributed by atoms with Crippen molar-refractivity contribution in [2.75, 3.05) is 13.2 Å². The van der Waals surface area contributed by atoms with Gasteiger partial charge in [0.1, 0.15) is 0 Å². The summed E-state index contributed by atoms with van der Waals surface area (Å²) in [5.74, 6) is 0.587. The van der Waals surface area contributed by atoms with Gasteiger partial charge in [-0.15, -0.1) is 0 Å². The van der Waals surface area contributed by atoms with Gasteiger partial charge < -0.3 is 10.1 Å². The van der Waals surface area contributed by atoms with Crippen LogP contribution in [0.5, 0.6) is 0 Å². The lowest BCUT2D eigenvalue weighted by Gasteiger charge is -2.27. The van der Waals surface area contributed by atoms with Crippen LogP contribution in [0.25, 0.3) is 0 Å². The van der Waals surface area contributed by atoms with Crippen LogP contribution in [0.3, 0.4) is 0 Å². The van der Waals surface area contributed by atoms with Gasteiger partial charge >= 0.3 is 0 Å². The van der Waals surface area contributed by atoms with Crippen LogP contribution in [0.4, 0.5) is 0 Å². The minimum atomic E-state index is 0.345. The SMILES string of the molecule is CCCNC(Cc1c(Br)c(C)nn1CC)C1CCOC1C. The molecule has 1 aromatic rings. The van der Waals surface area contributed by atoms with Crippen LogP contribution in [0.1, 0.15) is 45.0 Å². The largest absolute Gasteiger partial charge is 0.378 e. The second-order valence-electron chi connectivity index (χ2n) is 5.96. The van der Waals surface area contributed by atoms with Gasteiger partial charge in [-0.2, -0.15) is 5.10 Å². The second kappa shape index (κ2) is 7.75. The zero-order valence-corrected chi connectivity index (χ0v) is 15.2. The molecule has 1 saturated heterocycles. The Labute approximate surface area is 136 Å². The third kappa shape index (κ3) is 3.88. The quantitative estimate of drug-likeness (QED) is 0.813.